The summed E-state index contributed by atoms with van der Waals surface area (Å²) >= 11 is 0. The van der Waals surface area contributed by atoms with Gasteiger partial charge in [-0.15, -0.1) is 0 Å². The van der Waals surface area contributed by atoms with Crippen molar-refractivity contribution in [2.45, 2.75) is 26.7 Å². The van der Waals surface area contributed by atoms with E-state index in [1.54, 1.807) is 24.3 Å². The minimum Gasteiger partial charge on any atom is -0.469 e. The Morgan fingerprint density at radius 3 is 1.94 bits per heavy atom. The number of fused-ring (bicyclic) bond motifs is 2. The van der Waals surface area contributed by atoms with Gasteiger partial charge in [-0.1, -0.05) is 12.1 Å². The standard InChI is InChI=1S/C11H11NO4.C7H7NO2.C5H8O3/c1-7(13)5-10(14)12-8-3-2-4-9-11(8)16-6-15-9;8-5-2-1-3-6-7(5)10-4-9-6;1-4(6)3-5(7)8-2/h2-4H,5-6H2,1H3,(H,12,14);1-3H,4,8H2;3H2,1-2H3. The SMILES string of the molecule is CC(=O)CC(=O)Nc1cccc2c1OCO2.COC(=O)CC(C)=O.Nc1cccc2c1OCO2. The van der Waals surface area contributed by atoms with Crippen LogP contribution in [-0.2, 0) is 23.9 Å². The van der Waals surface area contributed by atoms with Crippen molar-refractivity contribution in [1.82, 2.24) is 0 Å². The summed E-state index contributed by atoms with van der Waals surface area (Å²) in [5, 5.41) is 2.61. The number of anilines is 2. The van der Waals surface area contributed by atoms with E-state index < -0.39 is 5.97 Å². The summed E-state index contributed by atoms with van der Waals surface area (Å²) in [5.41, 5.74) is 6.73. The van der Waals surface area contributed by atoms with Crippen LogP contribution in [0.4, 0.5) is 11.4 Å². The van der Waals surface area contributed by atoms with Crippen LogP contribution in [0.25, 0.3) is 0 Å². The minimum absolute atomic E-state index is 0.115. The van der Waals surface area contributed by atoms with Crippen LogP contribution in [0.5, 0.6) is 23.0 Å². The molecule has 0 aliphatic carbocycles. The lowest BCUT2D eigenvalue weighted by Crippen LogP contribution is -2.15. The average Bonchev–Trinajstić information content (AvgIpc) is 3.44. The molecule has 0 fully saturated rings. The van der Waals surface area contributed by atoms with Crippen molar-refractivity contribution in [2.24, 2.45) is 0 Å². The smallest absolute Gasteiger partial charge is 0.313 e. The molecule has 11 nitrogen and oxygen atoms in total. The Kier molecular flexibility index (Phi) is 9.69. The molecule has 3 N–H and O–H groups in total. The number of carbonyl (C=O) groups excluding carboxylic acids is 4. The maximum Gasteiger partial charge on any atom is 0.313 e. The molecule has 0 atom stereocenters. The van der Waals surface area contributed by atoms with Crippen LogP contribution in [-0.4, -0.2) is 44.1 Å². The number of para-hydroxylation sites is 2. The van der Waals surface area contributed by atoms with Crippen molar-refractivity contribution in [3.8, 4) is 23.0 Å². The van der Waals surface area contributed by atoms with E-state index in [0.29, 0.717) is 28.6 Å². The van der Waals surface area contributed by atoms with Crippen molar-refractivity contribution in [3.63, 3.8) is 0 Å². The number of Topliss-reactive ketones (excluding diaryl/α,β-unsaturated/α-hetero) is 2. The fraction of sp³-hybridized carbons (Fsp3) is 0.304. The van der Waals surface area contributed by atoms with Crippen molar-refractivity contribution < 1.29 is 42.9 Å². The van der Waals surface area contributed by atoms with Gasteiger partial charge in [0.1, 0.15) is 18.0 Å². The summed E-state index contributed by atoms with van der Waals surface area (Å²) in [6.07, 6.45) is -0.249. The molecule has 4 rings (SSSR count). The summed E-state index contributed by atoms with van der Waals surface area (Å²) in [7, 11) is 1.26. The summed E-state index contributed by atoms with van der Waals surface area (Å²) in [4.78, 5) is 42.4. The molecule has 2 aromatic carbocycles. The first kappa shape index (κ1) is 26.0. The highest BCUT2D eigenvalue weighted by Crippen LogP contribution is 2.39. The first-order valence-electron chi connectivity index (χ1n) is 10.1. The van der Waals surface area contributed by atoms with Gasteiger partial charge in [0.2, 0.25) is 19.5 Å². The number of nitrogens with two attached hydrogens (primary N) is 1. The Balaban J connectivity index is 0.000000195. The molecule has 0 aromatic heterocycles. The van der Waals surface area contributed by atoms with Crippen LogP contribution in [0.15, 0.2) is 36.4 Å². The van der Waals surface area contributed by atoms with Gasteiger partial charge in [0.15, 0.2) is 23.0 Å². The molecule has 11 heteroatoms. The molecule has 2 heterocycles. The number of methoxy groups -OCH3 is 1. The Bertz CT molecular complexity index is 1050. The maximum atomic E-state index is 11.4. The Hall–Kier alpha value is -4.28. The van der Waals surface area contributed by atoms with Gasteiger partial charge in [-0.25, -0.2) is 0 Å². The van der Waals surface area contributed by atoms with Crippen LogP contribution in [0.1, 0.15) is 26.7 Å². The predicted octanol–water partition coefficient (Wildman–Crippen LogP) is 2.47. The number of amides is 1. The molecular weight excluding hydrogens is 448 g/mol. The molecule has 0 spiro atoms. The topological polar surface area (TPSA) is 152 Å². The highest BCUT2D eigenvalue weighted by Gasteiger charge is 2.19. The number of nitrogen functional groups attached to an aromatic ring is 1. The van der Waals surface area contributed by atoms with Crippen LogP contribution in [0, 0.1) is 0 Å². The molecule has 0 bridgehead atoms. The van der Waals surface area contributed by atoms with Crippen LogP contribution >= 0.6 is 0 Å². The molecule has 0 saturated heterocycles. The van der Waals surface area contributed by atoms with Crippen LogP contribution in [0.3, 0.4) is 0 Å². The molecule has 34 heavy (non-hydrogen) atoms. The van der Waals surface area contributed by atoms with Crippen molar-refractivity contribution in [3.05, 3.63) is 36.4 Å². The number of hydrogen-bond acceptors (Lipinski definition) is 10. The lowest BCUT2D eigenvalue weighted by molar-refractivity contribution is -0.143. The molecule has 0 unspecified atom stereocenters. The first-order chi connectivity index (χ1) is 16.2. The van der Waals surface area contributed by atoms with Crippen molar-refractivity contribution in [1.29, 1.82) is 0 Å². The van der Waals surface area contributed by atoms with E-state index in [1.165, 1.54) is 21.0 Å². The lowest BCUT2D eigenvalue weighted by atomic mass is 10.2. The number of ether oxygens (including phenoxy) is 5. The van der Waals surface area contributed by atoms with E-state index in [0.717, 1.165) is 5.75 Å². The monoisotopic (exact) mass is 474 g/mol. The third kappa shape index (κ3) is 8.01. The number of esters is 1. The molecular formula is C23H26N2O9. The van der Waals surface area contributed by atoms with Gasteiger partial charge in [-0.3, -0.25) is 19.2 Å². The normalized spacial score (nSPS) is 11.7. The fourth-order valence-electron chi connectivity index (χ4n) is 2.68. The van der Waals surface area contributed by atoms with E-state index in [9.17, 15) is 19.2 Å². The van der Waals surface area contributed by atoms with Gasteiger partial charge < -0.3 is 34.7 Å². The zero-order valence-corrected chi connectivity index (χ0v) is 19.0. The van der Waals surface area contributed by atoms with Gasteiger partial charge in [0, 0.05) is 0 Å². The van der Waals surface area contributed by atoms with E-state index in [2.05, 4.69) is 10.1 Å². The first-order valence-corrected chi connectivity index (χ1v) is 10.1. The zero-order chi connectivity index (χ0) is 25.1. The molecule has 0 radical (unpaired) electrons. The molecule has 2 aliphatic rings. The van der Waals surface area contributed by atoms with Gasteiger partial charge in [0.05, 0.1) is 24.9 Å². The largest absolute Gasteiger partial charge is 0.469 e. The zero-order valence-electron chi connectivity index (χ0n) is 19.0. The molecule has 2 aromatic rings. The highest BCUT2D eigenvalue weighted by molar-refractivity contribution is 6.04. The number of rotatable bonds is 5. The number of ketones is 2. The lowest BCUT2D eigenvalue weighted by Gasteiger charge is -2.06. The maximum absolute atomic E-state index is 11.4. The average molecular weight is 474 g/mol. The minimum atomic E-state index is -0.475. The Morgan fingerprint density at radius 2 is 1.41 bits per heavy atom. The molecule has 2 aliphatic heterocycles. The molecule has 1 amide bonds. The third-order valence-electron chi connectivity index (χ3n) is 4.13. The van der Waals surface area contributed by atoms with Gasteiger partial charge in [-0.05, 0) is 38.1 Å². The van der Waals surface area contributed by atoms with Gasteiger partial charge in [-0.2, -0.15) is 0 Å². The van der Waals surface area contributed by atoms with Crippen molar-refractivity contribution >= 4 is 34.8 Å². The number of nitrogens with one attached hydrogen (secondary N) is 1. The van der Waals surface area contributed by atoms with E-state index in [1.807, 2.05) is 12.1 Å². The summed E-state index contributed by atoms with van der Waals surface area (Å²) in [6, 6.07) is 10.7. The summed E-state index contributed by atoms with van der Waals surface area (Å²) < 4.78 is 24.7. The number of hydrogen-bond donors (Lipinski definition) is 2. The van der Waals surface area contributed by atoms with E-state index in [-0.39, 0.29) is 43.9 Å². The Morgan fingerprint density at radius 1 is 0.853 bits per heavy atom. The second-order valence-corrected chi connectivity index (χ2v) is 7.00. The summed E-state index contributed by atoms with van der Waals surface area (Å²) in [5.74, 6) is 1.34. The van der Waals surface area contributed by atoms with E-state index in [4.69, 9.17) is 24.7 Å². The second-order valence-electron chi connectivity index (χ2n) is 7.00. The number of carbonyl (C=O) groups is 4. The van der Waals surface area contributed by atoms with Gasteiger partial charge in [0.25, 0.3) is 0 Å². The van der Waals surface area contributed by atoms with Crippen LogP contribution < -0.4 is 30.0 Å². The quantitative estimate of drug-likeness (QED) is 0.375. The third-order valence-corrected chi connectivity index (χ3v) is 4.13. The predicted molar refractivity (Wildman–Crippen MR) is 121 cm³/mol. The highest BCUT2D eigenvalue weighted by atomic mass is 16.7. The van der Waals surface area contributed by atoms with Crippen molar-refractivity contribution in [2.75, 3.05) is 31.7 Å². The Labute approximate surface area is 196 Å². The van der Waals surface area contributed by atoms with Gasteiger partial charge >= 0.3 is 5.97 Å². The fourth-order valence-corrected chi connectivity index (χ4v) is 2.68. The molecule has 182 valence electrons. The number of benzene rings is 2. The van der Waals surface area contributed by atoms with Crippen LogP contribution in [0.2, 0.25) is 0 Å². The summed E-state index contributed by atoms with van der Waals surface area (Å²) in [6.45, 7) is 3.14. The van der Waals surface area contributed by atoms with E-state index >= 15 is 0 Å². The molecule has 0 saturated carbocycles. The second kappa shape index (κ2) is 12.7.